The predicted molar refractivity (Wildman–Crippen MR) is 73.6 cm³/mol. The summed E-state index contributed by atoms with van der Waals surface area (Å²) >= 11 is 3.42. The van der Waals surface area contributed by atoms with Gasteiger partial charge in [0.15, 0.2) is 0 Å². The molecule has 0 atom stereocenters. The van der Waals surface area contributed by atoms with Gasteiger partial charge in [-0.3, -0.25) is 0 Å². The fourth-order valence-electron chi connectivity index (χ4n) is 1.49. The lowest BCUT2D eigenvalue weighted by Gasteiger charge is -2.00. The zero-order valence-corrected chi connectivity index (χ0v) is 11.9. The molecule has 0 aromatic carbocycles. The van der Waals surface area contributed by atoms with E-state index in [1.165, 1.54) is 0 Å². The van der Waals surface area contributed by atoms with Crippen LogP contribution in [0.15, 0.2) is 17.2 Å². The van der Waals surface area contributed by atoms with Crippen LogP contribution in [0, 0.1) is 13.8 Å². The molecular formula is C12H15N3S2. The summed E-state index contributed by atoms with van der Waals surface area (Å²) in [6.45, 7) is 6.19. The number of aryl methyl sites for hydroxylation is 2. The Labute approximate surface area is 110 Å². The molecule has 0 amide bonds. The maximum atomic E-state index is 4.41. The van der Waals surface area contributed by atoms with Crippen LogP contribution in [0.1, 0.15) is 24.0 Å². The number of aromatic nitrogens is 3. The van der Waals surface area contributed by atoms with Gasteiger partial charge in [-0.1, -0.05) is 6.92 Å². The highest BCUT2D eigenvalue weighted by atomic mass is 32.2. The Kier molecular flexibility index (Phi) is 4.12. The van der Waals surface area contributed by atoms with E-state index in [0.717, 1.165) is 38.5 Å². The molecule has 0 aliphatic heterocycles. The summed E-state index contributed by atoms with van der Waals surface area (Å²) < 4.78 is 0. The van der Waals surface area contributed by atoms with E-state index in [9.17, 15) is 0 Å². The molecule has 90 valence electrons. The summed E-state index contributed by atoms with van der Waals surface area (Å²) in [6, 6.07) is 4.07. The van der Waals surface area contributed by atoms with Gasteiger partial charge in [0.1, 0.15) is 10.7 Å². The molecule has 0 spiro atoms. The van der Waals surface area contributed by atoms with Gasteiger partial charge in [-0.25, -0.2) is 4.98 Å². The van der Waals surface area contributed by atoms with E-state index >= 15 is 0 Å². The van der Waals surface area contributed by atoms with Gasteiger partial charge in [0.25, 0.3) is 0 Å². The van der Waals surface area contributed by atoms with Crippen LogP contribution in [-0.4, -0.2) is 20.9 Å². The van der Waals surface area contributed by atoms with E-state index in [1.807, 2.05) is 26.0 Å². The molecule has 0 saturated heterocycles. The van der Waals surface area contributed by atoms with Crippen molar-refractivity contribution < 1.29 is 0 Å². The fraction of sp³-hybridized carbons (Fsp3) is 0.417. The van der Waals surface area contributed by atoms with Crippen molar-refractivity contribution in [1.82, 2.24) is 15.2 Å². The third kappa shape index (κ3) is 3.04. The van der Waals surface area contributed by atoms with E-state index in [0.29, 0.717) is 0 Å². The van der Waals surface area contributed by atoms with E-state index in [1.54, 1.807) is 23.1 Å². The first-order chi connectivity index (χ1) is 8.20. The average molecular weight is 265 g/mol. The lowest BCUT2D eigenvalue weighted by molar-refractivity contribution is 0.933. The molecule has 2 aromatic heterocycles. The molecule has 0 aliphatic rings. The normalized spacial score (nSPS) is 10.8. The van der Waals surface area contributed by atoms with Gasteiger partial charge in [-0.05, 0) is 38.2 Å². The lowest BCUT2D eigenvalue weighted by Crippen LogP contribution is -1.89. The Bertz CT molecular complexity index is 491. The molecule has 3 nitrogen and oxygen atoms in total. The van der Waals surface area contributed by atoms with Gasteiger partial charge in [0.05, 0.1) is 15.6 Å². The van der Waals surface area contributed by atoms with Crippen molar-refractivity contribution >= 4 is 23.1 Å². The van der Waals surface area contributed by atoms with Gasteiger partial charge < -0.3 is 0 Å². The second-order valence-electron chi connectivity index (χ2n) is 3.75. The van der Waals surface area contributed by atoms with Crippen molar-refractivity contribution in [1.29, 1.82) is 0 Å². The van der Waals surface area contributed by atoms with Crippen LogP contribution in [0.25, 0.3) is 10.6 Å². The van der Waals surface area contributed by atoms with Crippen molar-refractivity contribution in [2.24, 2.45) is 0 Å². The molecule has 0 radical (unpaired) electrons. The minimum absolute atomic E-state index is 0.925. The molecule has 0 aliphatic carbocycles. The first-order valence-corrected chi connectivity index (χ1v) is 7.42. The predicted octanol–water partition coefficient (Wildman–Crippen LogP) is 3.72. The molecule has 0 bridgehead atoms. The minimum atomic E-state index is 0.925. The molecule has 0 fully saturated rings. The third-order valence-electron chi connectivity index (χ3n) is 2.23. The quantitative estimate of drug-likeness (QED) is 0.790. The van der Waals surface area contributed by atoms with E-state index < -0.39 is 0 Å². The molecule has 0 N–H and O–H groups in total. The SMILES string of the molecule is CCCSc1ccc(-c2sc(C)nc2C)nn1. The Morgan fingerprint density at radius 3 is 2.59 bits per heavy atom. The zero-order chi connectivity index (χ0) is 12.3. The topological polar surface area (TPSA) is 38.7 Å². The number of hydrogen-bond acceptors (Lipinski definition) is 5. The van der Waals surface area contributed by atoms with Gasteiger partial charge in [-0.15, -0.1) is 33.3 Å². The molecule has 2 rings (SSSR count). The minimum Gasteiger partial charge on any atom is -0.246 e. The van der Waals surface area contributed by atoms with Crippen LogP contribution < -0.4 is 0 Å². The highest BCUT2D eigenvalue weighted by Gasteiger charge is 2.09. The maximum Gasteiger partial charge on any atom is 0.119 e. The summed E-state index contributed by atoms with van der Waals surface area (Å²) in [7, 11) is 0. The van der Waals surface area contributed by atoms with Crippen LogP contribution >= 0.6 is 23.1 Å². The average Bonchev–Trinajstić information content (AvgIpc) is 2.66. The van der Waals surface area contributed by atoms with Gasteiger partial charge in [0, 0.05) is 0 Å². The van der Waals surface area contributed by atoms with Gasteiger partial charge >= 0.3 is 0 Å². The first kappa shape index (κ1) is 12.5. The Morgan fingerprint density at radius 2 is 2.06 bits per heavy atom. The summed E-state index contributed by atoms with van der Waals surface area (Å²) in [5.74, 6) is 1.09. The Morgan fingerprint density at radius 1 is 1.24 bits per heavy atom. The van der Waals surface area contributed by atoms with E-state index in [-0.39, 0.29) is 0 Å². The Balaban J connectivity index is 2.20. The molecule has 5 heteroatoms. The standard InChI is InChI=1S/C12H15N3S2/c1-4-7-16-11-6-5-10(14-15-11)12-8(2)13-9(3)17-12/h5-6H,4,7H2,1-3H3. The summed E-state index contributed by atoms with van der Waals surface area (Å²) in [5.41, 5.74) is 1.96. The molecule has 0 unspecified atom stereocenters. The van der Waals surface area contributed by atoms with Gasteiger partial charge in [0.2, 0.25) is 0 Å². The van der Waals surface area contributed by atoms with Crippen LogP contribution in [0.4, 0.5) is 0 Å². The van der Waals surface area contributed by atoms with Crippen LogP contribution in [0.2, 0.25) is 0 Å². The molecule has 17 heavy (non-hydrogen) atoms. The molecule has 2 aromatic rings. The number of thiazole rings is 1. The van der Waals surface area contributed by atoms with Crippen LogP contribution in [0.5, 0.6) is 0 Å². The number of hydrogen-bond donors (Lipinski definition) is 0. The lowest BCUT2D eigenvalue weighted by atomic mass is 10.3. The molecular weight excluding hydrogens is 250 g/mol. The Hall–Kier alpha value is -0.940. The van der Waals surface area contributed by atoms with Gasteiger partial charge in [-0.2, -0.15) is 0 Å². The fourth-order valence-corrected chi connectivity index (χ4v) is 3.05. The second kappa shape index (κ2) is 5.60. The second-order valence-corrected chi connectivity index (χ2v) is 6.07. The van der Waals surface area contributed by atoms with Crippen LogP contribution in [0.3, 0.4) is 0 Å². The number of thioether (sulfide) groups is 1. The maximum absolute atomic E-state index is 4.41. The summed E-state index contributed by atoms with van der Waals surface area (Å²) in [5, 5.41) is 10.6. The largest absolute Gasteiger partial charge is 0.246 e. The first-order valence-electron chi connectivity index (χ1n) is 5.61. The van der Waals surface area contributed by atoms with Crippen molar-refractivity contribution in [3.8, 4) is 10.6 Å². The molecule has 2 heterocycles. The van der Waals surface area contributed by atoms with E-state index in [2.05, 4.69) is 22.1 Å². The van der Waals surface area contributed by atoms with Crippen LogP contribution in [-0.2, 0) is 0 Å². The van der Waals surface area contributed by atoms with Crippen molar-refractivity contribution in [2.75, 3.05) is 5.75 Å². The number of nitrogens with zero attached hydrogens (tertiary/aromatic N) is 3. The number of rotatable bonds is 4. The van der Waals surface area contributed by atoms with Crippen molar-refractivity contribution in [3.05, 3.63) is 22.8 Å². The smallest absolute Gasteiger partial charge is 0.119 e. The monoisotopic (exact) mass is 265 g/mol. The summed E-state index contributed by atoms with van der Waals surface area (Å²) in [6.07, 6.45) is 1.15. The summed E-state index contributed by atoms with van der Waals surface area (Å²) in [4.78, 5) is 5.53. The zero-order valence-electron chi connectivity index (χ0n) is 10.2. The van der Waals surface area contributed by atoms with E-state index in [4.69, 9.17) is 0 Å². The van der Waals surface area contributed by atoms with Crippen molar-refractivity contribution in [3.63, 3.8) is 0 Å². The van der Waals surface area contributed by atoms with Crippen molar-refractivity contribution in [2.45, 2.75) is 32.2 Å². The highest BCUT2D eigenvalue weighted by molar-refractivity contribution is 7.99. The molecule has 0 saturated carbocycles. The third-order valence-corrected chi connectivity index (χ3v) is 4.45. The highest BCUT2D eigenvalue weighted by Crippen LogP contribution is 2.28.